The molecule has 0 amide bonds. The summed E-state index contributed by atoms with van der Waals surface area (Å²) >= 11 is 0. The van der Waals surface area contributed by atoms with Gasteiger partial charge < -0.3 is 10.4 Å². The highest BCUT2D eigenvalue weighted by atomic mass is 35.5. The average Bonchev–Trinajstić information content (AvgIpc) is 2.80. The van der Waals surface area contributed by atoms with Crippen molar-refractivity contribution in [1.82, 2.24) is 5.32 Å². The molecular formula is C17H22ClN3O3S. The van der Waals surface area contributed by atoms with Gasteiger partial charge >= 0.3 is 10.2 Å². The highest BCUT2D eigenvalue weighted by Gasteiger charge is 2.40. The molecule has 1 aliphatic heterocycles. The smallest absolute Gasteiger partial charge is 0.330 e. The van der Waals surface area contributed by atoms with E-state index < -0.39 is 16.3 Å². The lowest BCUT2D eigenvalue weighted by Crippen LogP contribution is -2.38. The molecule has 2 aromatic carbocycles. The normalized spacial score (nSPS) is 16.2. The molecule has 6 nitrogen and oxygen atoms in total. The second-order valence-electron chi connectivity index (χ2n) is 5.67. The molecule has 136 valence electrons. The number of hydrogen-bond donors (Lipinski definition) is 2. The van der Waals surface area contributed by atoms with Crippen molar-refractivity contribution in [1.29, 1.82) is 0 Å². The predicted octanol–water partition coefficient (Wildman–Crippen LogP) is 2.28. The van der Waals surface area contributed by atoms with Gasteiger partial charge in [-0.2, -0.15) is 8.42 Å². The quantitative estimate of drug-likeness (QED) is 0.802. The Morgan fingerprint density at radius 3 is 2.28 bits per heavy atom. The van der Waals surface area contributed by atoms with Crippen molar-refractivity contribution < 1.29 is 13.5 Å². The zero-order valence-electron chi connectivity index (χ0n) is 13.9. The van der Waals surface area contributed by atoms with Crippen molar-refractivity contribution in [2.24, 2.45) is 0 Å². The first-order valence-electron chi connectivity index (χ1n) is 7.85. The number of rotatable bonds is 6. The van der Waals surface area contributed by atoms with E-state index in [2.05, 4.69) is 5.32 Å². The molecule has 0 aromatic heterocycles. The molecule has 1 atom stereocenters. The molecule has 2 aromatic rings. The van der Waals surface area contributed by atoms with Gasteiger partial charge in [0, 0.05) is 13.1 Å². The van der Waals surface area contributed by atoms with Gasteiger partial charge in [-0.25, -0.2) is 4.31 Å². The van der Waals surface area contributed by atoms with E-state index in [4.69, 9.17) is 0 Å². The van der Waals surface area contributed by atoms with Crippen LogP contribution in [0, 0.1) is 0 Å². The predicted molar refractivity (Wildman–Crippen MR) is 103 cm³/mol. The molecule has 25 heavy (non-hydrogen) atoms. The SMILES string of the molecule is CNC[C@H](O)CCN1c2ccccc2N(c2ccccc2)S1(=O)=O.Cl. The zero-order valence-corrected chi connectivity index (χ0v) is 15.5. The number of aliphatic hydroxyl groups excluding tert-OH is 1. The first kappa shape index (κ1) is 19.5. The third-order valence-electron chi connectivity index (χ3n) is 3.97. The minimum atomic E-state index is -3.72. The maximum absolute atomic E-state index is 13.1. The largest absolute Gasteiger partial charge is 0.392 e. The average molecular weight is 384 g/mol. The number of aliphatic hydroxyl groups is 1. The molecule has 0 radical (unpaired) electrons. The number of halogens is 1. The molecule has 1 heterocycles. The summed E-state index contributed by atoms with van der Waals surface area (Å²) in [6, 6.07) is 16.2. The number of para-hydroxylation sites is 3. The summed E-state index contributed by atoms with van der Waals surface area (Å²) in [4.78, 5) is 0. The van der Waals surface area contributed by atoms with Gasteiger partial charge in [-0.1, -0.05) is 30.3 Å². The van der Waals surface area contributed by atoms with E-state index in [0.29, 0.717) is 30.0 Å². The summed E-state index contributed by atoms with van der Waals surface area (Å²) in [6.07, 6.45) is -0.236. The maximum Gasteiger partial charge on any atom is 0.330 e. The highest BCUT2D eigenvalue weighted by Crippen LogP contribution is 2.44. The summed E-state index contributed by atoms with van der Waals surface area (Å²) in [5.74, 6) is 0. The third kappa shape index (κ3) is 3.74. The van der Waals surface area contributed by atoms with Crippen LogP contribution in [-0.4, -0.2) is 39.8 Å². The topological polar surface area (TPSA) is 72.9 Å². The first-order chi connectivity index (χ1) is 11.6. The Bertz CT molecular complexity index is 802. The molecule has 8 heteroatoms. The fraction of sp³-hybridized carbons (Fsp3) is 0.294. The van der Waals surface area contributed by atoms with E-state index in [1.165, 1.54) is 8.61 Å². The Balaban J connectivity index is 0.00000225. The molecule has 0 bridgehead atoms. The van der Waals surface area contributed by atoms with Crippen LogP contribution >= 0.6 is 12.4 Å². The van der Waals surface area contributed by atoms with Crippen LogP contribution in [0.1, 0.15) is 6.42 Å². The zero-order chi connectivity index (χ0) is 17.2. The van der Waals surface area contributed by atoms with Crippen LogP contribution in [0.3, 0.4) is 0 Å². The first-order valence-corrected chi connectivity index (χ1v) is 9.25. The Morgan fingerprint density at radius 1 is 1.04 bits per heavy atom. The minimum Gasteiger partial charge on any atom is -0.392 e. The van der Waals surface area contributed by atoms with Gasteiger partial charge in [-0.15, -0.1) is 12.4 Å². The van der Waals surface area contributed by atoms with Gasteiger partial charge in [-0.3, -0.25) is 4.31 Å². The maximum atomic E-state index is 13.1. The van der Waals surface area contributed by atoms with Crippen molar-refractivity contribution in [2.45, 2.75) is 12.5 Å². The van der Waals surface area contributed by atoms with Gasteiger partial charge in [0.05, 0.1) is 23.2 Å². The Labute approximate surface area is 154 Å². The monoisotopic (exact) mass is 383 g/mol. The van der Waals surface area contributed by atoms with Crippen LogP contribution in [0.5, 0.6) is 0 Å². The molecule has 0 aliphatic carbocycles. The lowest BCUT2D eigenvalue weighted by atomic mass is 10.2. The summed E-state index contributed by atoms with van der Waals surface area (Å²) < 4.78 is 28.9. The number of nitrogens with one attached hydrogen (secondary N) is 1. The van der Waals surface area contributed by atoms with Gasteiger partial charge in [0.25, 0.3) is 0 Å². The fourth-order valence-corrected chi connectivity index (χ4v) is 4.60. The highest BCUT2D eigenvalue weighted by molar-refractivity contribution is 7.95. The Hall–Kier alpha value is -1.80. The lowest BCUT2D eigenvalue weighted by Gasteiger charge is -2.22. The molecule has 3 rings (SSSR count). The summed E-state index contributed by atoms with van der Waals surface area (Å²) in [7, 11) is -1.96. The molecule has 0 saturated carbocycles. The molecule has 0 spiro atoms. The van der Waals surface area contributed by atoms with Crippen LogP contribution in [0.2, 0.25) is 0 Å². The third-order valence-corrected chi connectivity index (χ3v) is 5.78. The van der Waals surface area contributed by atoms with Gasteiger partial charge in [0.15, 0.2) is 0 Å². The molecule has 1 aliphatic rings. The van der Waals surface area contributed by atoms with E-state index in [1.54, 1.807) is 31.3 Å². The van der Waals surface area contributed by atoms with E-state index in [1.807, 2.05) is 30.3 Å². The van der Waals surface area contributed by atoms with Gasteiger partial charge in [0.2, 0.25) is 0 Å². The minimum absolute atomic E-state index is 0. The molecule has 2 N–H and O–H groups in total. The Morgan fingerprint density at radius 2 is 1.64 bits per heavy atom. The number of likely N-dealkylation sites (N-methyl/N-ethyl adjacent to an activating group) is 1. The molecule has 0 unspecified atom stereocenters. The van der Waals surface area contributed by atoms with Crippen molar-refractivity contribution in [3.05, 3.63) is 54.6 Å². The van der Waals surface area contributed by atoms with Crippen LogP contribution in [0.25, 0.3) is 0 Å². The van der Waals surface area contributed by atoms with Crippen LogP contribution in [-0.2, 0) is 10.2 Å². The summed E-state index contributed by atoms with van der Waals surface area (Å²) in [5.41, 5.74) is 1.87. The number of benzene rings is 2. The van der Waals surface area contributed by atoms with E-state index in [0.717, 1.165) is 0 Å². The van der Waals surface area contributed by atoms with E-state index >= 15 is 0 Å². The molecule has 0 fully saturated rings. The number of hydrogen-bond acceptors (Lipinski definition) is 4. The van der Waals surface area contributed by atoms with Gasteiger partial charge in [0.1, 0.15) is 0 Å². The van der Waals surface area contributed by atoms with Crippen molar-refractivity contribution >= 4 is 39.7 Å². The van der Waals surface area contributed by atoms with Crippen molar-refractivity contribution in [2.75, 3.05) is 28.7 Å². The van der Waals surface area contributed by atoms with Crippen molar-refractivity contribution in [3.8, 4) is 0 Å². The van der Waals surface area contributed by atoms with E-state index in [9.17, 15) is 13.5 Å². The fourth-order valence-electron chi connectivity index (χ4n) is 2.87. The van der Waals surface area contributed by atoms with Crippen LogP contribution in [0.15, 0.2) is 54.6 Å². The second-order valence-corrected chi connectivity index (χ2v) is 7.37. The van der Waals surface area contributed by atoms with E-state index in [-0.39, 0.29) is 19.0 Å². The summed E-state index contributed by atoms with van der Waals surface area (Å²) in [6.45, 7) is 0.656. The number of fused-ring (bicyclic) bond motifs is 1. The van der Waals surface area contributed by atoms with Crippen LogP contribution < -0.4 is 13.9 Å². The lowest BCUT2D eigenvalue weighted by molar-refractivity contribution is 0.167. The number of anilines is 3. The Kier molecular flexibility index (Phi) is 6.29. The standard InChI is InChI=1S/C17H21N3O3S.ClH/c1-18-13-15(21)11-12-19-16-9-5-6-10-17(16)20(24(19,22)23)14-7-3-2-4-8-14;/h2-10,15,18,21H,11-13H2,1H3;1H/t15-;/m1./s1. The summed E-state index contributed by atoms with van der Waals surface area (Å²) in [5, 5.41) is 12.8. The van der Waals surface area contributed by atoms with Crippen molar-refractivity contribution in [3.63, 3.8) is 0 Å². The number of nitrogens with zero attached hydrogens (tertiary/aromatic N) is 2. The molecular weight excluding hydrogens is 362 g/mol. The second kappa shape index (κ2) is 8.05. The molecule has 0 saturated heterocycles. The van der Waals surface area contributed by atoms with Gasteiger partial charge in [-0.05, 0) is 37.7 Å². The van der Waals surface area contributed by atoms with Crippen LogP contribution in [0.4, 0.5) is 17.1 Å².